The van der Waals surface area contributed by atoms with Gasteiger partial charge in [0.2, 0.25) is 0 Å². The van der Waals surface area contributed by atoms with Crippen LogP contribution in [0.15, 0.2) is 30.3 Å². The van der Waals surface area contributed by atoms with Gasteiger partial charge in [-0.1, -0.05) is 30.3 Å². The molecule has 0 amide bonds. The number of hydrogen-bond acceptors (Lipinski definition) is 4. The number of carbonyl (C=O) groups excluding carboxylic acids is 2. The molecule has 4 heteroatoms. The van der Waals surface area contributed by atoms with Gasteiger partial charge in [0.05, 0.1) is 0 Å². The molecule has 1 aliphatic rings. The van der Waals surface area contributed by atoms with Gasteiger partial charge in [-0.3, -0.25) is 4.79 Å². The predicted molar refractivity (Wildman–Crippen MR) is 69.0 cm³/mol. The Kier molecular flexibility index (Phi) is 7.48. The summed E-state index contributed by atoms with van der Waals surface area (Å²) in [5.41, 5.74) is 1.01. The van der Waals surface area contributed by atoms with Gasteiger partial charge >= 0.3 is 0 Å². The Morgan fingerprint density at radius 2 is 1.83 bits per heavy atom. The van der Waals surface area contributed by atoms with Gasteiger partial charge in [-0.15, -0.1) is 0 Å². The Bertz CT molecular complexity index is 334. The monoisotopic (exact) mass is 249 g/mol. The van der Waals surface area contributed by atoms with E-state index in [4.69, 9.17) is 0 Å². The average Bonchev–Trinajstić information content (AvgIpc) is 2.48. The van der Waals surface area contributed by atoms with Gasteiger partial charge in [0, 0.05) is 5.92 Å². The van der Waals surface area contributed by atoms with Crippen LogP contribution in [0.3, 0.4) is 0 Å². The van der Waals surface area contributed by atoms with Crippen LogP contribution in [-0.4, -0.2) is 25.8 Å². The lowest BCUT2D eigenvalue weighted by molar-refractivity contribution is -0.129. The molecule has 18 heavy (non-hydrogen) atoms. The summed E-state index contributed by atoms with van der Waals surface area (Å²) in [6, 6.07) is 9.55. The smallest absolute Gasteiger partial charge is 0.293 e. The van der Waals surface area contributed by atoms with Crippen LogP contribution in [0, 0.1) is 5.92 Å². The van der Waals surface area contributed by atoms with Crippen LogP contribution in [0.2, 0.25) is 0 Å². The van der Waals surface area contributed by atoms with E-state index in [2.05, 4.69) is 10.1 Å². The van der Waals surface area contributed by atoms with Gasteiger partial charge in [0.25, 0.3) is 6.47 Å². The van der Waals surface area contributed by atoms with Crippen LogP contribution < -0.4 is 5.32 Å². The molecule has 1 fully saturated rings. The molecule has 0 unspecified atom stereocenters. The Balaban J connectivity index is 0.000000184. The van der Waals surface area contributed by atoms with Crippen LogP contribution in [-0.2, 0) is 20.9 Å². The third-order valence-electron chi connectivity index (χ3n) is 2.74. The molecule has 2 rings (SSSR count). The van der Waals surface area contributed by atoms with Gasteiger partial charge in [0.15, 0.2) is 0 Å². The predicted octanol–water partition coefficient (Wildman–Crippen LogP) is 1.54. The van der Waals surface area contributed by atoms with Crippen LogP contribution in [0.25, 0.3) is 0 Å². The van der Waals surface area contributed by atoms with E-state index < -0.39 is 0 Å². The fraction of sp³-hybridized carbons (Fsp3) is 0.429. The summed E-state index contributed by atoms with van der Waals surface area (Å²) in [4.78, 5) is 19.9. The number of rotatable bonds is 4. The van der Waals surface area contributed by atoms with Crippen LogP contribution in [0.4, 0.5) is 0 Å². The minimum atomic E-state index is 0.344. The van der Waals surface area contributed by atoms with Crippen molar-refractivity contribution in [3.63, 3.8) is 0 Å². The maximum absolute atomic E-state index is 10.1. The third-order valence-corrected chi connectivity index (χ3v) is 2.74. The van der Waals surface area contributed by atoms with E-state index in [0.717, 1.165) is 37.8 Å². The molecule has 1 aliphatic heterocycles. The summed E-state index contributed by atoms with van der Waals surface area (Å²) in [6.07, 6.45) is 3.13. The maximum Gasteiger partial charge on any atom is 0.293 e. The second-order valence-corrected chi connectivity index (χ2v) is 4.12. The highest BCUT2D eigenvalue weighted by Crippen LogP contribution is 2.06. The van der Waals surface area contributed by atoms with Gasteiger partial charge in [-0.25, -0.2) is 0 Å². The zero-order valence-corrected chi connectivity index (χ0v) is 10.4. The first-order valence-electron chi connectivity index (χ1n) is 6.12. The van der Waals surface area contributed by atoms with E-state index in [0.29, 0.717) is 19.0 Å². The molecular formula is C14H19NO3. The molecular weight excluding hydrogens is 230 g/mol. The zero-order chi connectivity index (χ0) is 13.1. The Morgan fingerprint density at radius 1 is 1.17 bits per heavy atom. The second-order valence-electron chi connectivity index (χ2n) is 4.12. The summed E-state index contributed by atoms with van der Waals surface area (Å²) < 4.78 is 4.54. The molecule has 0 radical (unpaired) electrons. The molecule has 0 atom stereocenters. The van der Waals surface area contributed by atoms with Crippen molar-refractivity contribution in [2.24, 2.45) is 5.92 Å². The van der Waals surface area contributed by atoms with E-state index in [1.807, 2.05) is 30.3 Å². The lowest BCUT2D eigenvalue weighted by Gasteiger charge is -2.16. The number of hydrogen-bond donors (Lipinski definition) is 1. The minimum Gasteiger partial charge on any atom is -0.463 e. The zero-order valence-electron chi connectivity index (χ0n) is 10.4. The Morgan fingerprint density at radius 3 is 2.33 bits per heavy atom. The van der Waals surface area contributed by atoms with Crippen molar-refractivity contribution in [3.05, 3.63) is 35.9 Å². The summed E-state index contributed by atoms with van der Waals surface area (Å²) in [7, 11) is 0. The minimum absolute atomic E-state index is 0.344. The molecule has 1 heterocycles. The first-order valence-corrected chi connectivity index (χ1v) is 6.12. The quantitative estimate of drug-likeness (QED) is 0.822. The van der Waals surface area contributed by atoms with Crippen molar-refractivity contribution in [1.82, 2.24) is 5.32 Å². The molecule has 1 aromatic rings. The fourth-order valence-corrected chi connectivity index (χ4v) is 1.68. The summed E-state index contributed by atoms with van der Waals surface area (Å²) in [5, 5.41) is 3.19. The van der Waals surface area contributed by atoms with Gasteiger partial charge in [-0.05, 0) is 31.5 Å². The standard InChI is InChI=1S/C8H8O2.C6H11NO/c9-7-10-6-8-4-2-1-3-5-8;8-5-6-1-3-7-4-2-6/h1-5,7H,6H2;5-7H,1-4H2. The van der Waals surface area contributed by atoms with E-state index in [1.165, 1.54) is 0 Å². The van der Waals surface area contributed by atoms with Gasteiger partial charge in [-0.2, -0.15) is 0 Å². The van der Waals surface area contributed by atoms with E-state index >= 15 is 0 Å². The molecule has 0 saturated carbocycles. The summed E-state index contributed by atoms with van der Waals surface area (Å²) >= 11 is 0. The molecule has 0 bridgehead atoms. The summed E-state index contributed by atoms with van der Waals surface area (Å²) in [5.74, 6) is 0.344. The Labute approximate surface area is 107 Å². The fourth-order valence-electron chi connectivity index (χ4n) is 1.68. The van der Waals surface area contributed by atoms with Crippen molar-refractivity contribution in [1.29, 1.82) is 0 Å². The molecule has 0 spiro atoms. The number of aldehydes is 1. The molecule has 4 nitrogen and oxygen atoms in total. The lowest BCUT2D eigenvalue weighted by Crippen LogP contribution is -2.28. The lowest BCUT2D eigenvalue weighted by atomic mass is 10.0. The second kappa shape index (κ2) is 9.36. The van der Waals surface area contributed by atoms with Crippen molar-refractivity contribution < 1.29 is 14.3 Å². The van der Waals surface area contributed by atoms with Gasteiger partial charge in [0.1, 0.15) is 12.9 Å². The van der Waals surface area contributed by atoms with Crippen LogP contribution in [0.1, 0.15) is 18.4 Å². The van der Waals surface area contributed by atoms with Crippen molar-refractivity contribution in [2.75, 3.05) is 13.1 Å². The highest BCUT2D eigenvalue weighted by molar-refractivity contribution is 5.53. The maximum atomic E-state index is 10.1. The number of benzene rings is 1. The highest BCUT2D eigenvalue weighted by Gasteiger charge is 2.09. The van der Waals surface area contributed by atoms with Crippen LogP contribution >= 0.6 is 0 Å². The number of carbonyl (C=O) groups is 2. The number of piperidine rings is 1. The Hall–Kier alpha value is -1.68. The van der Waals surface area contributed by atoms with Crippen LogP contribution in [0.5, 0.6) is 0 Å². The van der Waals surface area contributed by atoms with Crippen molar-refractivity contribution in [2.45, 2.75) is 19.4 Å². The molecule has 0 aromatic heterocycles. The van der Waals surface area contributed by atoms with Crippen molar-refractivity contribution >= 4 is 12.8 Å². The molecule has 1 N–H and O–H groups in total. The molecule has 0 aliphatic carbocycles. The van der Waals surface area contributed by atoms with Gasteiger partial charge < -0.3 is 14.8 Å². The van der Waals surface area contributed by atoms with E-state index in [9.17, 15) is 9.59 Å². The number of nitrogens with one attached hydrogen (secondary N) is 1. The topological polar surface area (TPSA) is 55.4 Å². The normalized spacial score (nSPS) is 15.1. The molecule has 1 aromatic carbocycles. The largest absolute Gasteiger partial charge is 0.463 e. The molecule has 98 valence electrons. The average molecular weight is 249 g/mol. The SMILES string of the molecule is O=CC1CCNCC1.O=COCc1ccccc1. The first-order chi connectivity index (χ1) is 8.86. The number of ether oxygens (including phenoxy) is 1. The highest BCUT2D eigenvalue weighted by atomic mass is 16.5. The molecule has 1 saturated heterocycles. The third kappa shape index (κ3) is 6.15. The summed E-state index contributed by atoms with van der Waals surface area (Å²) in [6.45, 7) is 2.85. The van der Waals surface area contributed by atoms with E-state index in [1.54, 1.807) is 0 Å². The first kappa shape index (κ1) is 14.4. The van der Waals surface area contributed by atoms with E-state index in [-0.39, 0.29) is 0 Å². The van der Waals surface area contributed by atoms with Crippen molar-refractivity contribution in [3.8, 4) is 0 Å².